The summed E-state index contributed by atoms with van der Waals surface area (Å²) in [6.45, 7) is 0.863. The Morgan fingerprint density at radius 1 is 0.971 bits per heavy atom. The molecule has 0 bridgehead atoms. The number of methoxy groups -OCH3 is 2. The lowest BCUT2D eigenvalue weighted by atomic mass is 10.1. The summed E-state index contributed by atoms with van der Waals surface area (Å²) in [4.78, 5) is 27.4. The number of hydrogen-bond donors (Lipinski definition) is 1. The Balaban J connectivity index is 1.57. The lowest BCUT2D eigenvalue weighted by Gasteiger charge is -2.24. The van der Waals surface area contributed by atoms with Gasteiger partial charge in [-0.25, -0.2) is 8.42 Å². The van der Waals surface area contributed by atoms with Crippen LogP contribution in [0.3, 0.4) is 0 Å². The fraction of sp³-hybridized carbons (Fsp3) is 0.417. The normalized spacial score (nSPS) is 16.6. The highest BCUT2D eigenvalue weighted by atomic mass is 32.2. The number of fused-ring (bicyclic) bond motifs is 1. The van der Waals surface area contributed by atoms with E-state index in [-0.39, 0.29) is 29.7 Å². The van der Waals surface area contributed by atoms with Crippen LogP contribution in [-0.4, -0.2) is 58.4 Å². The van der Waals surface area contributed by atoms with Gasteiger partial charge in [0.05, 0.1) is 19.1 Å². The maximum absolute atomic E-state index is 13.0. The summed E-state index contributed by atoms with van der Waals surface area (Å²) in [5, 5.41) is 2.79. The van der Waals surface area contributed by atoms with Gasteiger partial charge in [0.25, 0.3) is 0 Å². The van der Waals surface area contributed by atoms with E-state index in [4.69, 9.17) is 9.47 Å². The van der Waals surface area contributed by atoms with Crippen molar-refractivity contribution >= 4 is 33.2 Å². The molecule has 0 aromatic heterocycles. The minimum Gasteiger partial charge on any atom is -0.497 e. The van der Waals surface area contributed by atoms with Gasteiger partial charge in [0.15, 0.2) is 0 Å². The van der Waals surface area contributed by atoms with Crippen LogP contribution in [0.1, 0.15) is 31.2 Å². The lowest BCUT2D eigenvalue weighted by Crippen LogP contribution is -2.37. The summed E-state index contributed by atoms with van der Waals surface area (Å²) in [5.41, 5.74) is 1.80. The van der Waals surface area contributed by atoms with Gasteiger partial charge >= 0.3 is 0 Å². The average Bonchev–Trinajstić information content (AvgIpc) is 3.33. The van der Waals surface area contributed by atoms with Gasteiger partial charge in [-0.05, 0) is 49.4 Å². The molecule has 10 heteroatoms. The topological polar surface area (TPSA) is 105 Å². The maximum Gasteiger partial charge on any atom is 0.244 e. The predicted octanol–water partition coefficient (Wildman–Crippen LogP) is 2.80. The number of aryl methyl sites for hydroxylation is 1. The van der Waals surface area contributed by atoms with Gasteiger partial charge in [-0.1, -0.05) is 0 Å². The first kappa shape index (κ1) is 24.0. The molecule has 2 aromatic rings. The van der Waals surface area contributed by atoms with Crippen LogP contribution in [0.2, 0.25) is 0 Å². The van der Waals surface area contributed by atoms with Gasteiger partial charge < -0.3 is 19.7 Å². The van der Waals surface area contributed by atoms with E-state index in [1.54, 1.807) is 30.3 Å². The Labute approximate surface area is 199 Å². The number of nitrogens with zero attached hydrogens (tertiary/aromatic N) is 2. The zero-order valence-electron chi connectivity index (χ0n) is 19.4. The molecule has 0 saturated carbocycles. The van der Waals surface area contributed by atoms with Crippen molar-refractivity contribution in [3.05, 3.63) is 42.0 Å². The van der Waals surface area contributed by atoms with Gasteiger partial charge in [0.1, 0.15) is 18.0 Å². The third kappa shape index (κ3) is 5.02. The molecule has 34 heavy (non-hydrogen) atoms. The van der Waals surface area contributed by atoms with Crippen molar-refractivity contribution in [2.24, 2.45) is 0 Å². The van der Waals surface area contributed by atoms with E-state index in [2.05, 4.69) is 5.32 Å². The molecule has 0 atom stereocenters. The van der Waals surface area contributed by atoms with Crippen LogP contribution in [0, 0.1) is 0 Å². The molecule has 1 N–H and O–H groups in total. The molecular weight excluding hydrogens is 458 g/mol. The summed E-state index contributed by atoms with van der Waals surface area (Å²) in [7, 11) is -0.527. The Hall–Kier alpha value is -3.11. The lowest BCUT2D eigenvalue weighted by molar-refractivity contribution is -0.121. The number of carbonyl (C=O) groups excluding carboxylic acids is 2. The Bertz CT molecular complexity index is 1170. The van der Waals surface area contributed by atoms with Crippen molar-refractivity contribution in [2.45, 2.75) is 37.0 Å². The smallest absolute Gasteiger partial charge is 0.244 e. The molecule has 2 aliphatic heterocycles. The largest absolute Gasteiger partial charge is 0.497 e. The van der Waals surface area contributed by atoms with E-state index >= 15 is 0 Å². The molecule has 0 unspecified atom stereocenters. The number of rotatable bonds is 7. The Morgan fingerprint density at radius 3 is 2.29 bits per heavy atom. The van der Waals surface area contributed by atoms with Crippen LogP contribution in [-0.2, 0) is 26.0 Å². The van der Waals surface area contributed by atoms with Crippen LogP contribution in [0.15, 0.2) is 41.3 Å². The van der Waals surface area contributed by atoms with Crippen LogP contribution in [0.4, 0.5) is 11.4 Å². The Kier molecular flexibility index (Phi) is 7.08. The zero-order chi connectivity index (χ0) is 24.3. The molecule has 4 rings (SSSR count). The monoisotopic (exact) mass is 487 g/mol. The minimum absolute atomic E-state index is 0.174. The number of benzene rings is 2. The molecule has 1 saturated heterocycles. The summed E-state index contributed by atoms with van der Waals surface area (Å²) < 4.78 is 38.0. The molecule has 0 aliphatic carbocycles. The third-order valence-electron chi connectivity index (χ3n) is 6.12. The van der Waals surface area contributed by atoms with Crippen molar-refractivity contribution in [2.75, 3.05) is 44.1 Å². The quantitative estimate of drug-likeness (QED) is 0.644. The highest BCUT2D eigenvalue weighted by Crippen LogP contribution is 2.31. The van der Waals surface area contributed by atoms with E-state index in [1.165, 1.54) is 29.5 Å². The number of anilines is 2. The van der Waals surface area contributed by atoms with Crippen molar-refractivity contribution in [1.82, 2.24) is 4.31 Å². The molecule has 2 aromatic carbocycles. The molecule has 0 radical (unpaired) electrons. The third-order valence-corrected chi connectivity index (χ3v) is 8.01. The number of amides is 2. The van der Waals surface area contributed by atoms with Crippen LogP contribution >= 0.6 is 0 Å². The fourth-order valence-electron chi connectivity index (χ4n) is 4.36. The van der Waals surface area contributed by atoms with Gasteiger partial charge in [-0.2, -0.15) is 4.31 Å². The molecule has 2 heterocycles. The number of carbonyl (C=O) groups is 2. The summed E-state index contributed by atoms with van der Waals surface area (Å²) in [6.07, 6.45) is 3.16. The number of hydrogen-bond acceptors (Lipinski definition) is 6. The van der Waals surface area contributed by atoms with E-state index in [1.807, 2.05) is 0 Å². The maximum atomic E-state index is 13.0. The van der Waals surface area contributed by atoms with Crippen LogP contribution < -0.4 is 19.7 Å². The number of sulfonamides is 1. The Morgan fingerprint density at radius 2 is 1.65 bits per heavy atom. The highest BCUT2D eigenvalue weighted by Gasteiger charge is 2.30. The first-order chi connectivity index (χ1) is 16.3. The highest BCUT2D eigenvalue weighted by molar-refractivity contribution is 7.89. The van der Waals surface area contributed by atoms with Crippen molar-refractivity contribution in [3.63, 3.8) is 0 Å². The minimum atomic E-state index is -3.57. The van der Waals surface area contributed by atoms with Crippen molar-refractivity contribution in [1.29, 1.82) is 0 Å². The molecule has 0 spiro atoms. The summed E-state index contributed by atoms with van der Waals surface area (Å²) in [5.74, 6) is 0.493. The average molecular weight is 488 g/mol. The number of nitrogens with one attached hydrogen (secondary N) is 1. The second-order valence-corrected chi connectivity index (χ2v) is 10.3. The first-order valence-electron chi connectivity index (χ1n) is 11.3. The second-order valence-electron chi connectivity index (χ2n) is 8.38. The molecular formula is C24H29N3O6S. The van der Waals surface area contributed by atoms with Crippen LogP contribution in [0.25, 0.3) is 0 Å². The predicted molar refractivity (Wildman–Crippen MR) is 128 cm³/mol. The van der Waals surface area contributed by atoms with Gasteiger partial charge in [0, 0.05) is 49.1 Å². The number of ether oxygens (including phenoxy) is 2. The van der Waals surface area contributed by atoms with Crippen molar-refractivity contribution < 1.29 is 27.5 Å². The van der Waals surface area contributed by atoms with Gasteiger partial charge in [-0.3, -0.25) is 9.59 Å². The molecule has 1 fully saturated rings. The first-order valence-corrected chi connectivity index (χ1v) is 12.7. The van der Waals surface area contributed by atoms with Crippen molar-refractivity contribution in [3.8, 4) is 11.5 Å². The summed E-state index contributed by atoms with van der Waals surface area (Å²) >= 11 is 0. The standard InChI is InChI=1S/C24H29N3O6S/c1-32-19-13-18(14-20(15-19)33-2)25-23(28)16-27-22-9-8-21(12-17(22)6-5-7-24(27)29)34(30,31)26-10-3-4-11-26/h8-9,12-15H,3-7,10-11,16H2,1-2H3,(H,25,28). The fourth-order valence-corrected chi connectivity index (χ4v) is 5.93. The summed E-state index contributed by atoms with van der Waals surface area (Å²) in [6, 6.07) is 9.84. The SMILES string of the molecule is COc1cc(NC(=O)CN2C(=O)CCCc3cc(S(=O)(=O)N4CCCC4)ccc32)cc(OC)c1. The van der Waals surface area contributed by atoms with E-state index in [0.717, 1.165) is 18.4 Å². The molecule has 2 aliphatic rings. The molecule has 182 valence electrons. The zero-order valence-corrected chi connectivity index (χ0v) is 20.2. The molecule has 2 amide bonds. The second kappa shape index (κ2) is 10.0. The molecule has 9 nitrogen and oxygen atoms in total. The van der Waals surface area contributed by atoms with Gasteiger partial charge in [-0.15, -0.1) is 0 Å². The van der Waals surface area contributed by atoms with E-state index in [9.17, 15) is 18.0 Å². The van der Waals surface area contributed by atoms with Crippen LogP contribution in [0.5, 0.6) is 11.5 Å². The van der Waals surface area contributed by atoms with E-state index in [0.29, 0.717) is 48.8 Å². The van der Waals surface area contributed by atoms with Gasteiger partial charge in [0.2, 0.25) is 21.8 Å². The van der Waals surface area contributed by atoms with E-state index < -0.39 is 10.0 Å².